The van der Waals surface area contributed by atoms with Gasteiger partial charge in [0.15, 0.2) is 0 Å². The van der Waals surface area contributed by atoms with Gasteiger partial charge in [-0.15, -0.1) is 0 Å². The van der Waals surface area contributed by atoms with Gasteiger partial charge in [0.1, 0.15) is 5.78 Å². The molecule has 72 valence electrons. The van der Waals surface area contributed by atoms with Crippen LogP contribution in [0, 0.1) is 11.3 Å². The summed E-state index contributed by atoms with van der Waals surface area (Å²) < 4.78 is 0. The SMILES string of the molecule is CCC(CC)CC(=O)C(C)(C)C. The predicted octanol–water partition coefficient (Wildman–Crippen LogP) is 3.43. The first-order chi connectivity index (χ1) is 5.41. The quantitative estimate of drug-likeness (QED) is 0.631. The molecule has 1 nitrogen and oxygen atoms in total. The highest BCUT2D eigenvalue weighted by molar-refractivity contribution is 5.83. The summed E-state index contributed by atoms with van der Waals surface area (Å²) in [5.41, 5.74) is -0.150. The molecule has 0 bridgehead atoms. The van der Waals surface area contributed by atoms with Gasteiger partial charge in [0.25, 0.3) is 0 Å². The molecule has 0 radical (unpaired) electrons. The zero-order valence-corrected chi connectivity index (χ0v) is 9.11. The summed E-state index contributed by atoms with van der Waals surface area (Å²) in [4.78, 5) is 11.6. The van der Waals surface area contributed by atoms with Gasteiger partial charge in [0.05, 0.1) is 0 Å². The highest BCUT2D eigenvalue weighted by Gasteiger charge is 2.22. The number of hydrogen-bond acceptors (Lipinski definition) is 1. The Labute approximate surface area is 76.6 Å². The summed E-state index contributed by atoms with van der Waals surface area (Å²) in [6.07, 6.45) is 3.01. The minimum Gasteiger partial charge on any atom is -0.299 e. The van der Waals surface area contributed by atoms with Crippen LogP contribution in [0.3, 0.4) is 0 Å². The summed E-state index contributed by atoms with van der Waals surface area (Å²) in [5, 5.41) is 0. The normalized spacial score (nSPS) is 12.2. The Kier molecular flexibility index (Phi) is 4.51. The summed E-state index contributed by atoms with van der Waals surface area (Å²) in [6, 6.07) is 0. The van der Waals surface area contributed by atoms with Crippen molar-refractivity contribution >= 4 is 5.78 Å². The third kappa shape index (κ3) is 3.89. The molecule has 0 N–H and O–H groups in total. The van der Waals surface area contributed by atoms with E-state index in [1.807, 2.05) is 20.8 Å². The van der Waals surface area contributed by atoms with E-state index in [-0.39, 0.29) is 5.41 Å². The van der Waals surface area contributed by atoms with Crippen molar-refractivity contribution in [1.29, 1.82) is 0 Å². The van der Waals surface area contributed by atoms with Crippen molar-refractivity contribution in [1.82, 2.24) is 0 Å². The smallest absolute Gasteiger partial charge is 0.138 e. The van der Waals surface area contributed by atoms with E-state index < -0.39 is 0 Å². The first-order valence-corrected chi connectivity index (χ1v) is 4.95. The van der Waals surface area contributed by atoms with Crippen LogP contribution in [0.15, 0.2) is 0 Å². The third-order valence-electron chi connectivity index (χ3n) is 2.47. The molecular weight excluding hydrogens is 148 g/mol. The molecule has 0 aliphatic heterocycles. The number of rotatable bonds is 4. The fourth-order valence-corrected chi connectivity index (χ4v) is 1.15. The Morgan fingerprint density at radius 3 is 1.83 bits per heavy atom. The lowest BCUT2D eigenvalue weighted by molar-refractivity contribution is -0.127. The zero-order chi connectivity index (χ0) is 9.78. The summed E-state index contributed by atoms with van der Waals surface area (Å²) in [6.45, 7) is 10.3. The predicted molar refractivity (Wildman–Crippen MR) is 53.2 cm³/mol. The average molecular weight is 170 g/mol. The van der Waals surface area contributed by atoms with E-state index in [1.54, 1.807) is 0 Å². The van der Waals surface area contributed by atoms with Gasteiger partial charge in [0, 0.05) is 11.8 Å². The summed E-state index contributed by atoms with van der Waals surface area (Å²) in [5.74, 6) is 0.993. The van der Waals surface area contributed by atoms with E-state index in [2.05, 4.69) is 13.8 Å². The Morgan fingerprint density at radius 2 is 1.58 bits per heavy atom. The van der Waals surface area contributed by atoms with Crippen LogP contribution in [-0.2, 0) is 4.79 Å². The topological polar surface area (TPSA) is 17.1 Å². The number of carbonyl (C=O) groups excluding carboxylic acids is 1. The number of carbonyl (C=O) groups is 1. The van der Waals surface area contributed by atoms with E-state index in [1.165, 1.54) is 0 Å². The van der Waals surface area contributed by atoms with Crippen LogP contribution < -0.4 is 0 Å². The van der Waals surface area contributed by atoms with Crippen molar-refractivity contribution in [3.8, 4) is 0 Å². The molecule has 0 spiro atoms. The highest BCUT2D eigenvalue weighted by Crippen LogP contribution is 2.22. The van der Waals surface area contributed by atoms with Crippen LogP contribution in [-0.4, -0.2) is 5.78 Å². The molecule has 12 heavy (non-hydrogen) atoms. The van der Waals surface area contributed by atoms with Crippen LogP contribution in [0.25, 0.3) is 0 Å². The van der Waals surface area contributed by atoms with E-state index in [9.17, 15) is 4.79 Å². The second-order valence-electron chi connectivity index (χ2n) is 4.56. The van der Waals surface area contributed by atoms with Crippen LogP contribution in [0.2, 0.25) is 0 Å². The van der Waals surface area contributed by atoms with E-state index >= 15 is 0 Å². The van der Waals surface area contributed by atoms with Crippen molar-refractivity contribution in [3.63, 3.8) is 0 Å². The van der Waals surface area contributed by atoms with E-state index in [4.69, 9.17) is 0 Å². The van der Waals surface area contributed by atoms with Gasteiger partial charge in [0.2, 0.25) is 0 Å². The maximum absolute atomic E-state index is 11.6. The second kappa shape index (κ2) is 4.64. The van der Waals surface area contributed by atoms with Gasteiger partial charge in [-0.1, -0.05) is 47.5 Å². The maximum atomic E-state index is 11.6. The Bertz CT molecular complexity index is 138. The van der Waals surface area contributed by atoms with Crippen LogP contribution >= 0.6 is 0 Å². The van der Waals surface area contributed by atoms with Gasteiger partial charge in [-0.2, -0.15) is 0 Å². The standard InChI is InChI=1S/C11H22O/c1-6-9(7-2)8-10(12)11(3,4)5/h9H,6-8H2,1-5H3. The molecular formula is C11H22O. The van der Waals surface area contributed by atoms with E-state index in [0.717, 1.165) is 19.3 Å². The fraction of sp³-hybridized carbons (Fsp3) is 0.909. The summed E-state index contributed by atoms with van der Waals surface area (Å²) >= 11 is 0. The van der Waals surface area contributed by atoms with Crippen molar-refractivity contribution < 1.29 is 4.79 Å². The Balaban J connectivity index is 3.99. The fourth-order valence-electron chi connectivity index (χ4n) is 1.15. The lowest BCUT2D eigenvalue weighted by atomic mass is 9.84. The highest BCUT2D eigenvalue weighted by atomic mass is 16.1. The first kappa shape index (κ1) is 11.7. The second-order valence-corrected chi connectivity index (χ2v) is 4.56. The van der Waals surface area contributed by atoms with Crippen LogP contribution in [0.5, 0.6) is 0 Å². The average Bonchev–Trinajstić information content (AvgIpc) is 1.97. The maximum Gasteiger partial charge on any atom is 0.138 e. The molecule has 0 aliphatic rings. The minimum absolute atomic E-state index is 0.150. The molecule has 0 atom stereocenters. The third-order valence-corrected chi connectivity index (χ3v) is 2.47. The molecule has 0 amide bonds. The molecule has 0 unspecified atom stereocenters. The van der Waals surface area contributed by atoms with Crippen LogP contribution in [0.1, 0.15) is 53.9 Å². The molecule has 0 aliphatic carbocycles. The molecule has 0 rings (SSSR count). The van der Waals surface area contributed by atoms with Crippen molar-refractivity contribution in [3.05, 3.63) is 0 Å². The molecule has 1 heteroatoms. The van der Waals surface area contributed by atoms with Gasteiger partial charge in [-0.3, -0.25) is 4.79 Å². The molecule has 0 heterocycles. The van der Waals surface area contributed by atoms with Gasteiger partial charge >= 0.3 is 0 Å². The van der Waals surface area contributed by atoms with Crippen molar-refractivity contribution in [2.45, 2.75) is 53.9 Å². The Hall–Kier alpha value is -0.330. The number of ketones is 1. The minimum atomic E-state index is -0.150. The summed E-state index contributed by atoms with van der Waals surface area (Å²) in [7, 11) is 0. The number of hydrogen-bond donors (Lipinski definition) is 0. The van der Waals surface area contributed by atoms with Gasteiger partial charge in [-0.05, 0) is 5.92 Å². The zero-order valence-electron chi connectivity index (χ0n) is 9.11. The molecule has 0 saturated heterocycles. The largest absolute Gasteiger partial charge is 0.299 e. The molecule has 0 aromatic carbocycles. The van der Waals surface area contributed by atoms with Gasteiger partial charge in [-0.25, -0.2) is 0 Å². The molecule has 0 aromatic rings. The molecule has 0 fully saturated rings. The monoisotopic (exact) mass is 170 g/mol. The number of Topliss-reactive ketones (excluding diaryl/α,β-unsaturated/α-hetero) is 1. The molecule has 0 aromatic heterocycles. The van der Waals surface area contributed by atoms with Gasteiger partial charge < -0.3 is 0 Å². The van der Waals surface area contributed by atoms with E-state index in [0.29, 0.717) is 11.7 Å². The first-order valence-electron chi connectivity index (χ1n) is 4.95. The van der Waals surface area contributed by atoms with Crippen molar-refractivity contribution in [2.75, 3.05) is 0 Å². The lowest BCUT2D eigenvalue weighted by Gasteiger charge is -2.20. The molecule has 0 saturated carbocycles. The van der Waals surface area contributed by atoms with Crippen LogP contribution in [0.4, 0.5) is 0 Å². The lowest BCUT2D eigenvalue weighted by Crippen LogP contribution is -2.22. The van der Waals surface area contributed by atoms with Crippen molar-refractivity contribution in [2.24, 2.45) is 11.3 Å². The Morgan fingerprint density at radius 1 is 1.17 bits per heavy atom.